The van der Waals surface area contributed by atoms with Crippen molar-refractivity contribution in [1.29, 1.82) is 0 Å². The second-order valence-corrected chi connectivity index (χ2v) is 6.13. The summed E-state index contributed by atoms with van der Waals surface area (Å²) in [5.74, 6) is -1.02. The molecular formula is C21H19NO5. The Kier molecular flexibility index (Phi) is 5.68. The Hall–Kier alpha value is -3.38. The van der Waals surface area contributed by atoms with Gasteiger partial charge in [-0.2, -0.15) is 0 Å². The molecule has 1 aromatic heterocycles. The molecule has 1 atom stereocenters. The molecule has 3 aromatic rings. The molecule has 0 radical (unpaired) electrons. The summed E-state index contributed by atoms with van der Waals surface area (Å²) in [5, 5.41) is 19.7. The summed E-state index contributed by atoms with van der Waals surface area (Å²) >= 11 is 0. The minimum atomic E-state index is -1.34. The highest BCUT2D eigenvalue weighted by Crippen LogP contribution is 2.18. The van der Waals surface area contributed by atoms with E-state index in [2.05, 4.69) is 0 Å². The van der Waals surface area contributed by atoms with E-state index in [1.807, 2.05) is 30.3 Å². The van der Waals surface area contributed by atoms with Gasteiger partial charge in [0.25, 0.3) is 0 Å². The first kappa shape index (κ1) is 18.4. The number of para-hydroxylation sites is 1. The molecule has 0 spiro atoms. The number of hydrogen-bond acceptors (Lipinski definition) is 4. The van der Waals surface area contributed by atoms with Gasteiger partial charge in [0.15, 0.2) is 5.75 Å². The van der Waals surface area contributed by atoms with Crippen molar-refractivity contribution < 1.29 is 19.7 Å². The fourth-order valence-corrected chi connectivity index (χ4v) is 2.74. The van der Waals surface area contributed by atoms with Crippen molar-refractivity contribution in [1.82, 2.24) is 4.57 Å². The van der Waals surface area contributed by atoms with Crippen LogP contribution in [0, 0.1) is 0 Å². The molecule has 0 amide bonds. The van der Waals surface area contributed by atoms with Gasteiger partial charge >= 0.3 is 5.97 Å². The number of carboxylic acid groups (broad SMARTS) is 1. The molecule has 6 nitrogen and oxygen atoms in total. The topological polar surface area (TPSA) is 88.8 Å². The van der Waals surface area contributed by atoms with E-state index in [1.54, 1.807) is 30.3 Å². The van der Waals surface area contributed by atoms with Crippen LogP contribution < -0.4 is 10.2 Å². The average Bonchev–Trinajstić information content (AvgIpc) is 2.65. The monoisotopic (exact) mass is 365 g/mol. The third-order valence-corrected chi connectivity index (χ3v) is 3.98. The van der Waals surface area contributed by atoms with Crippen molar-refractivity contribution in [3.63, 3.8) is 0 Å². The van der Waals surface area contributed by atoms with Crippen LogP contribution in [-0.4, -0.2) is 26.9 Å². The molecule has 2 N–H and O–H groups in total. The van der Waals surface area contributed by atoms with Gasteiger partial charge in [0.2, 0.25) is 5.43 Å². The summed E-state index contributed by atoms with van der Waals surface area (Å²) in [6.45, 7) is 0.126. The average molecular weight is 365 g/mol. The van der Waals surface area contributed by atoms with Gasteiger partial charge in [0.1, 0.15) is 11.3 Å². The SMILES string of the molecule is O=C(O)c1cn(C[C@@H](O)Cc2ccccc2)cc(Oc2ccccc2)c1=O. The maximum Gasteiger partial charge on any atom is 0.341 e. The molecule has 0 saturated carbocycles. The van der Waals surface area contributed by atoms with Crippen molar-refractivity contribution in [2.24, 2.45) is 0 Å². The van der Waals surface area contributed by atoms with Gasteiger partial charge in [-0.1, -0.05) is 48.5 Å². The van der Waals surface area contributed by atoms with Crippen LogP contribution in [0.15, 0.2) is 77.9 Å². The van der Waals surface area contributed by atoms with Crippen molar-refractivity contribution in [2.75, 3.05) is 0 Å². The lowest BCUT2D eigenvalue weighted by molar-refractivity contribution is 0.0693. The molecule has 0 fully saturated rings. The van der Waals surface area contributed by atoms with E-state index in [-0.39, 0.29) is 12.3 Å². The first-order chi connectivity index (χ1) is 13.0. The van der Waals surface area contributed by atoms with Crippen LogP contribution in [0.25, 0.3) is 0 Å². The minimum Gasteiger partial charge on any atom is -0.477 e. The van der Waals surface area contributed by atoms with Gasteiger partial charge in [0, 0.05) is 19.2 Å². The lowest BCUT2D eigenvalue weighted by Crippen LogP contribution is -2.23. The highest BCUT2D eigenvalue weighted by Gasteiger charge is 2.17. The molecule has 27 heavy (non-hydrogen) atoms. The fourth-order valence-electron chi connectivity index (χ4n) is 2.74. The van der Waals surface area contributed by atoms with Crippen LogP contribution in [0.3, 0.4) is 0 Å². The summed E-state index contributed by atoms with van der Waals surface area (Å²) in [4.78, 5) is 23.8. The highest BCUT2D eigenvalue weighted by molar-refractivity contribution is 5.87. The van der Waals surface area contributed by atoms with Gasteiger partial charge < -0.3 is 19.5 Å². The van der Waals surface area contributed by atoms with Gasteiger partial charge in [-0.05, 0) is 17.7 Å². The molecule has 1 heterocycles. The Bertz CT molecular complexity index is 967. The Labute approximate surface area is 155 Å². The van der Waals surface area contributed by atoms with E-state index in [0.29, 0.717) is 12.2 Å². The largest absolute Gasteiger partial charge is 0.477 e. The lowest BCUT2D eigenvalue weighted by Gasteiger charge is -2.15. The lowest BCUT2D eigenvalue weighted by atomic mass is 10.1. The second-order valence-electron chi connectivity index (χ2n) is 6.13. The quantitative estimate of drug-likeness (QED) is 0.672. The molecule has 2 aromatic carbocycles. The molecule has 6 heteroatoms. The van der Waals surface area contributed by atoms with Crippen LogP contribution in [-0.2, 0) is 13.0 Å². The van der Waals surface area contributed by atoms with Crippen LogP contribution in [0.1, 0.15) is 15.9 Å². The number of aromatic carboxylic acids is 1. The first-order valence-corrected chi connectivity index (χ1v) is 8.45. The number of carboxylic acids is 1. The Morgan fingerprint density at radius 2 is 1.63 bits per heavy atom. The Morgan fingerprint density at radius 3 is 2.26 bits per heavy atom. The molecule has 0 aliphatic heterocycles. The van der Waals surface area contributed by atoms with Crippen molar-refractivity contribution in [3.05, 3.63) is 94.4 Å². The first-order valence-electron chi connectivity index (χ1n) is 8.45. The van der Waals surface area contributed by atoms with Crippen molar-refractivity contribution in [3.8, 4) is 11.5 Å². The molecule has 0 aliphatic rings. The van der Waals surface area contributed by atoms with E-state index in [4.69, 9.17) is 4.74 Å². The predicted molar refractivity (Wildman–Crippen MR) is 100 cm³/mol. The third kappa shape index (κ3) is 4.83. The number of aliphatic hydroxyl groups excluding tert-OH is 1. The highest BCUT2D eigenvalue weighted by atomic mass is 16.5. The fraction of sp³-hybridized carbons (Fsp3) is 0.143. The zero-order valence-electron chi connectivity index (χ0n) is 14.5. The zero-order chi connectivity index (χ0) is 19.2. The summed E-state index contributed by atoms with van der Waals surface area (Å²) in [6.07, 6.45) is 2.29. The van der Waals surface area contributed by atoms with Crippen LogP contribution in [0.2, 0.25) is 0 Å². The van der Waals surface area contributed by atoms with E-state index in [1.165, 1.54) is 17.0 Å². The van der Waals surface area contributed by atoms with Crippen LogP contribution in [0.4, 0.5) is 0 Å². The summed E-state index contributed by atoms with van der Waals surface area (Å²) in [7, 11) is 0. The maximum atomic E-state index is 12.4. The van der Waals surface area contributed by atoms with E-state index >= 15 is 0 Å². The Morgan fingerprint density at radius 1 is 1.00 bits per heavy atom. The summed E-state index contributed by atoms with van der Waals surface area (Å²) in [6, 6.07) is 18.1. The third-order valence-electron chi connectivity index (χ3n) is 3.98. The number of benzene rings is 2. The van der Waals surface area contributed by atoms with Crippen LogP contribution in [0.5, 0.6) is 11.5 Å². The zero-order valence-corrected chi connectivity index (χ0v) is 14.5. The van der Waals surface area contributed by atoms with Gasteiger partial charge in [-0.3, -0.25) is 4.79 Å². The standard InChI is InChI=1S/C21H19NO5/c23-16(11-15-7-3-1-4-8-15)12-22-13-18(21(25)26)20(24)19(14-22)27-17-9-5-2-6-10-17/h1-10,13-14,16,23H,11-12H2,(H,25,26)/t16-/m0/s1. The van der Waals surface area contributed by atoms with E-state index < -0.39 is 23.1 Å². The number of aliphatic hydroxyl groups is 1. The number of aromatic nitrogens is 1. The number of carbonyl (C=O) groups is 1. The molecule has 138 valence electrons. The normalized spacial score (nSPS) is 11.7. The van der Waals surface area contributed by atoms with Gasteiger partial charge in [-0.25, -0.2) is 4.79 Å². The summed E-state index contributed by atoms with van der Waals surface area (Å²) < 4.78 is 7.03. The van der Waals surface area contributed by atoms with E-state index in [9.17, 15) is 19.8 Å². The number of pyridine rings is 1. The number of ether oxygens (including phenoxy) is 1. The number of rotatable bonds is 7. The van der Waals surface area contributed by atoms with Crippen molar-refractivity contribution in [2.45, 2.75) is 19.1 Å². The van der Waals surface area contributed by atoms with E-state index in [0.717, 1.165) is 5.56 Å². The number of hydrogen-bond donors (Lipinski definition) is 2. The van der Waals surface area contributed by atoms with Crippen molar-refractivity contribution >= 4 is 5.97 Å². The summed E-state index contributed by atoms with van der Waals surface area (Å²) in [5.41, 5.74) is -0.152. The molecule has 0 saturated heterocycles. The smallest absolute Gasteiger partial charge is 0.341 e. The molecular weight excluding hydrogens is 346 g/mol. The molecule has 0 aliphatic carbocycles. The Balaban J connectivity index is 1.86. The molecule has 0 bridgehead atoms. The van der Waals surface area contributed by atoms with Gasteiger partial charge in [-0.15, -0.1) is 0 Å². The predicted octanol–water partition coefficient (Wildman–Crippen LogP) is 2.94. The van der Waals surface area contributed by atoms with Crippen LogP contribution >= 0.6 is 0 Å². The number of nitrogens with zero attached hydrogens (tertiary/aromatic N) is 1. The maximum absolute atomic E-state index is 12.4. The minimum absolute atomic E-state index is 0.104. The second kappa shape index (κ2) is 8.33. The van der Waals surface area contributed by atoms with Gasteiger partial charge in [0.05, 0.1) is 12.3 Å². The molecule has 0 unspecified atom stereocenters. The molecule has 3 rings (SSSR count).